The summed E-state index contributed by atoms with van der Waals surface area (Å²) in [6, 6.07) is 6.47. The third-order valence-corrected chi connectivity index (χ3v) is 3.30. The Morgan fingerprint density at radius 2 is 2.35 bits per heavy atom. The fourth-order valence-electron chi connectivity index (χ4n) is 2.28. The van der Waals surface area contributed by atoms with Gasteiger partial charge >= 0.3 is 0 Å². The van der Waals surface area contributed by atoms with Crippen LogP contribution in [-0.2, 0) is 4.74 Å². The van der Waals surface area contributed by atoms with E-state index >= 15 is 0 Å². The van der Waals surface area contributed by atoms with Crippen molar-refractivity contribution in [2.45, 2.75) is 18.9 Å². The number of rotatable bonds is 2. The van der Waals surface area contributed by atoms with Crippen LogP contribution >= 0.6 is 0 Å². The minimum absolute atomic E-state index is 0.00715. The molecule has 1 amide bonds. The van der Waals surface area contributed by atoms with E-state index in [1.807, 2.05) is 0 Å². The van der Waals surface area contributed by atoms with Crippen molar-refractivity contribution in [3.63, 3.8) is 0 Å². The molecule has 1 unspecified atom stereocenters. The van der Waals surface area contributed by atoms with Gasteiger partial charge in [0.15, 0.2) is 0 Å². The average Bonchev–Trinajstić information content (AvgIpc) is 2.48. The fraction of sp³-hybridized carbons (Fsp3) is 0.357. The molecule has 3 heterocycles. The summed E-state index contributed by atoms with van der Waals surface area (Å²) in [5.41, 5.74) is 0.345. The molecule has 20 heavy (non-hydrogen) atoms. The SMILES string of the molecule is O=C(NC1CCCOC1)c1cc(=O)n2ccccc2n1. The van der Waals surface area contributed by atoms with Crippen LogP contribution in [0.3, 0.4) is 0 Å². The highest BCUT2D eigenvalue weighted by molar-refractivity contribution is 5.92. The van der Waals surface area contributed by atoms with E-state index in [9.17, 15) is 9.59 Å². The molecule has 1 aliphatic rings. The first-order chi connectivity index (χ1) is 9.74. The normalized spacial score (nSPS) is 18.9. The second-order valence-electron chi connectivity index (χ2n) is 4.80. The number of fused-ring (bicyclic) bond motifs is 1. The Kier molecular flexibility index (Phi) is 3.47. The number of nitrogens with zero attached hydrogens (tertiary/aromatic N) is 2. The van der Waals surface area contributed by atoms with E-state index in [1.165, 1.54) is 10.5 Å². The van der Waals surface area contributed by atoms with Gasteiger partial charge in [0.2, 0.25) is 0 Å². The summed E-state index contributed by atoms with van der Waals surface area (Å²) in [4.78, 5) is 28.3. The van der Waals surface area contributed by atoms with Crippen molar-refractivity contribution in [1.82, 2.24) is 14.7 Å². The Labute approximate surface area is 115 Å². The Morgan fingerprint density at radius 3 is 3.15 bits per heavy atom. The van der Waals surface area contributed by atoms with Gasteiger partial charge < -0.3 is 10.1 Å². The van der Waals surface area contributed by atoms with Gasteiger partial charge in [0.1, 0.15) is 11.3 Å². The van der Waals surface area contributed by atoms with Gasteiger partial charge in [-0.1, -0.05) is 6.07 Å². The van der Waals surface area contributed by atoms with Crippen molar-refractivity contribution in [1.29, 1.82) is 0 Å². The first-order valence-electron chi connectivity index (χ1n) is 6.61. The van der Waals surface area contributed by atoms with Crippen LogP contribution in [0.4, 0.5) is 0 Å². The summed E-state index contributed by atoms with van der Waals surface area (Å²) >= 11 is 0. The van der Waals surface area contributed by atoms with Crippen molar-refractivity contribution in [2.24, 2.45) is 0 Å². The summed E-state index contributed by atoms with van der Waals surface area (Å²) in [7, 11) is 0. The van der Waals surface area contributed by atoms with Crippen LogP contribution in [-0.4, -0.2) is 34.5 Å². The second kappa shape index (κ2) is 5.42. The molecule has 104 valence electrons. The van der Waals surface area contributed by atoms with Crippen LogP contribution < -0.4 is 10.9 Å². The second-order valence-corrected chi connectivity index (χ2v) is 4.80. The minimum Gasteiger partial charge on any atom is -0.379 e. The summed E-state index contributed by atoms with van der Waals surface area (Å²) in [6.07, 6.45) is 3.44. The zero-order valence-electron chi connectivity index (χ0n) is 10.9. The molecule has 3 rings (SSSR count). The number of hydrogen-bond acceptors (Lipinski definition) is 4. The van der Waals surface area contributed by atoms with Crippen molar-refractivity contribution >= 4 is 11.6 Å². The van der Waals surface area contributed by atoms with Crippen molar-refractivity contribution in [2.75, 3.05) is 13.2 Å². The number of amides is 1. The van der Waals surface area contributed by atoms with E-state index in [4.69, 9.17) is 4.74 Å². The maximum absolute atomic E-state index is 12.1. The van der Waals surface area contributed by atoms with Crippen LogP contribution in [0, 0.1) is 0 Å². The molecule has 0 radical (unpaired) electrons. The number of aromatic nitrogens is 2. The molecule has 0 saturated carbocycles. The summed E-state index contributed by atoms with van der Waals surface area (Å²) in [5.74, 6) is -0.330. The van der Waals surface area contributed by atoms with Crippen LogP contribution in [0.5, 0.6) is 0 Å². The molecule has 0 aromatic carbocycles. The van der Waals surface area contributed by atoms with Gasteiger partial charge in [0.05, 0.1) is 12.6 Å². The zero-order valence-corrected chi connectivity index (χ0v) is 10.9. The lowest BCUT2D eigenvalue weighted by molar-refractivity contribution is 0.0622. The summed E-state index contributed by atoms with van der Waals surface area (Å²) in [6.45, 7) is 1.25. The molecule has 2 aromatic heterocycles. The number of carbonyl (C=O) groups excluding carboxylic acids is 1. The summed E-state index contributed by atoms with van der Waals surface area (Å²) in [5, 5.41) is 2.85. The molecule has 1 saturated heterocycles. The van der Waals surface area contributed by atoms with Gasteiger partial charge in [-0.2, -0.15) is 0 Å². The quantitative estimate of drug-likeness (QED) is 0.870. The van der Waals surface area contributed by atoms with E-state index in [1.54, 1.807) is 24.4 Å². The van der Waals surface area contributed by atoms with Crippen molar-refractivity contribution < 1.29 is 9.53 Å². The third-order valence-electron chi connectivity index (χ3n) is 3.30. The van der Waals surface area contributed by atoms with Gasteiger partial charge in [-0.05, 0) is 25.0 Å². The van der Waals surface area contributed by atoms with E-state index in [0.29, 0.717) is 12.3 Å². The number of ether oxygens (including phenoxy) is 1. The van der Waals surface area contributed by atoms with Crippen molar-refractivity contribution in [3.05, 3.63) is 46.5 Å². The monoisotopic (exact) mass is 273 g/mol. The molecule has 0 spiro atoms. The van der Waals surface area contributed by atoms with Gasteiger partial charge in [0.25, 0.3) is 11.5 Å². The van der Waals surface area contributed by atoms with Crippen LogP contribution in [0.15, 0.2) is 35.3 Å². The highest BCUT2D eigenvalue weighted by atomic mass is 16.5. The van der Waals surface area contributed by atoms with Gasteiger partial charge in [-0.3, -0.25) is 14.0 Å². The lowest BCUT2D eigenvalue weighted by Gasteiger charge is -2.22. The molecular formula is C14H15N3O3. The van der Waals surface area contributed by atoms with Crippen LogP contribution in [0.25, 0.3) is 5.65 Å². The molecule has 0 aliphatic carbocycles. The van der Waals surface area contributed by atoms with Gasteiger partial charge in [0, 0.05) is 18.9 Å². The third kappa shape index (κ3) is 2.55. The van der Waals surface area contributed by atoms with Crippen molar-refractivity contribution in [3.8, 4) is 0 Å². The molecular weight excluding hydrogens is 258 g/mol. The molecule has 0 bridgehead atoms. The van der Waals surface area contributed by atoms with E-state index in [2.05, 4.69) is 10.3 Å². The Hall–Kier alpha value is -2.21. The first kappa shape index (κ1) is 12.8. The van der Waals surface area contributed by atoms with E-state index < -0.39 is 0 Å². The van der Waals surface area contributed by atoms with Gasteiger partial charge in [-0.25, -0.2) is 4.98 Å². The Morgan fingerprint density at radius 1 is 1.45 bits per heavy atom. The standard InChI is InChI=1S/C14H15N3O3/c18-13-8-11(16-12-5-1-2-6-17(12)13)14(19)15-10-4-3-7-20-9-10/h1-2,5-6,8,10H,3-4,7,9H2,(H,15,19). The van der Waals surface area contributed by atoms with Gasteiger partial charge in [-0.15, -0.1) is 0 Å². The zero-order chi connectivity index (χ0) is 13.9. The fourth-order valence-corrected chi connectivity index (χ4v) is 2.28. The predicted octanol–water partition coefficient (Wildman–Crippen LogP) is 0.603. The van der Waals surface area contributed by atoms with E-state index in [0.717, 1.165) is 19.4 Å². The Balaban J connectivity index is 1.86. The molecule has 2 aromatic rings. The largest absolute Gasteiger partial charge is 0.379 e. The minimum atomic E-state index is -0.330. The predicted molar refractivity (Wildman–Crippen MR) is 72.8 cm³/mol. The maximum Gasteiger partial charge on any atom is 0.270 e. The van der Waals surface area contributed by atoms with Crippen LogP contribution in [0.1, 0.15) is 23.3 Å². The smallest absolute Gasteiger partial charge is 0.270 e. The Bertz CT molecular complexity index is 689. The topological polar surface area (TPSA) is 72.7 Å². The molecule has 6 heteroatoms. The first-order valence-corrected chi connectivity index (χ1v) is 6.61. The summed E-state index contributed by atoms with van der Waals surface area (Å²) < 4.78 is 6.72. The number of hydrogen-bond donors (Lipinski definition) is 1. The molecule has 1 fully saturated rings. The van der Waals surface area contributed by atoms with Crippen LogP contribution in [0.2, 0.25) is 0 Å². The highest BCUT2D eigenvalue weighted by Crippen LogP contribution is 2.07. The molecule has 1 atom stereocenters. The molecule has 6 nitrogen and oxygen atoms in total. The maximum atomic E-state index is 12.1. The molecule has 1 aliphatic heterocycles. The number of carbonyl (C=O) groups is 1. The lowest BCUT2D eigenvalue weighted by atomic mass is 10.1. The van der Waals surface area contributed by atoms with E-state index in [-0.39, 0.29) is 23.2 Å². The molecule has 1 N–H and O–H groups in total. The highest BCUT2D eigenvalue weighted by Gasteiger charge is 2.18. The number of pyridine rings is 1. The number of nitrogens with one attached hydrogen (secondary N) is 1. The lowest BCUT2D eigenvalue weighted by Crippen LogP contribution is -2.41. The average molecular weight is 273 g/mol.